The number of hydrogen-bond donors (Lipinski definition) is 1. The standard InChI is InChI=1S/C21H24N4O/c1-24-15-16(14-23-24)13-22-21(26)25-11-5-9-19(25)12-18-8-4-7-17-6-2-3-10-20(17)18/h2-4,6-8,10,14-15,19H,5,9,11-13H2,1H3,(H,22,26)/t19-/m1/s1. The van der Waals surface area contributed by atoms with Gasteiger partial charge in [0, 0.05) is 37.9 Å². The lowest BCUT2D eigenvalue weighted by Gasteiger charge is -2.25. The fraction of sp³-hybridized carbons (Fsp3) is 0.333. The molecule has 1 fully saturated rings. The zero-order valence-corrected chi connectivity index (χ0v) is 15.1. The van der Waals surface area contributed by atoms with Gasteiger partial charge in [-0.15, -0.1) is 0 Å². The van der Waals surface area contributed by atoms with Crippen LogP contribution in [0.25, 0.3) is 10.8 Å². The van der Waals surface area contributed by atoms with Gasteiger partial charge >= 0.3 is 6.03 Å². The van der Waals surface area contributed by atoms with Gasteiger partial charge in [-0.1, -0.05) is 42.5 Å². The maximum Gasteiger partial charge on any atom is 0.317 e. The molecule has 5 heteroatoms. The number of likely N-dealkylation sites (tertiary alicyclic amines) is 1. The zero-order valence-electron chi connectivity index (χ0n) is 15.1. The monoisotopic (exact) mass is 348 g/mol. The number of urea groups is 1. The molecule has 2 aromatic carbocycles. The molecule has 2 heterocycles. The van der Waals surface area contributed by atoms with E-state index in [1.165, 1.54) is 16.3 Å². The number of nitrogens with one attached hydrogen (secondary N) is 1. The van der Waals surface area contributed by atoms with Crippen LogP contribution in [-0.4, -0.2) is 33.3 Å². The van der Waals surface area contributed by atoms with Gasteiger partial charge in [0.2, 0.25) is 0 Å². The van der Waals surface area contributed by atoms with E-state index in [0.717, 1.165) is 31.4 Å². The molecule has 26 heavy (non-hydrogen) atoms. The van der Waals surface area contributed by atoms with Gasteiger partial charge in [0.05, 0.1) is 6.20 Å². The SMILES string of the molecule is Cn1cc(CNC(=O)N2CCC[C@@H]2Cc2cccc3ccccc23)cn1. The quantitative estimate of drug-likeness (QED) is 0.785. The Morgan fingerprint density at radius 1 is 1.23 bits per heavy atom. The average Bonchev–Trinajstić information content (AvgIpc) is 3.29. The van der Waals surface area contributed by atoms with E-state index >= 15 is 0 Å². The first kappa shape index (κ1) is 16.6. The first-order chi connectivity index (χ1) is 12.7. The Kier molecular flexibility index (Phi) is 4.61. The molecule has 1 aliphatic heterocycles. The highest BCUT2D eigenvalue weighted by Crippen LogP contribution is 2.25. The molecule has 0 radical (unpaired) electrons. The molecule has 1 N–H and O–H groups in total. The summed E-state index contributed by atoms with van der Waals surface area (Å²) in [6.07, 6.45) is 6.75. The van der Waals surface area contributed by atoms with Crippen molar-refractivity contribution in [2.75, 3.05) is 6.54 Å². The van der Waals surface area contributed by atoms with E-state index in [1.807, 2.05) is 18.1 Å². The third kappa shape index (κ3) is 3.43. The molecule has 1 aromatic heterocycles. The molecule has 3 aromatic rings. The van der Waals surface area contributed by atoms with Crippen molar-refractivity contribution in [3.8, 4) is 0 Å². The van der Waals surface area contributed by atoms with Crippen LogP contribution in [0, 0.1) is 0 Å². The van der Waals surface area contributed by atoms with Crippen molar-refractivity contribution in [2.24, 2.45) is 7.05 Å². The summed E-state index contributed by atoms with van der Waals surface area (Å²) in [5, 5.41) is 9.73. The summed E-state index contributed by atoms with van der Waals surface area (Å²) in [5.74, 6) is 0. The Labute approximate surface area is 153 Å². The highest BCUT2D eigenvalue weighted by atomic mass is 16.2. The third-order valence-electron chi connectivity index (χ3n) is 5.18. The fourth-order valence-electron chi connectivity index (χ4n) is 3.88. The van der Waals surface area contributed by atoms with E-state index in [0.29, 0.717) is 6.54 Å². The highest BCUT2D eigenvalue weighted by molar-refractivity contribution is 5.85. The molecular formula is C21H24N4O. The molecule has 0 aliphatic carbocycles. The predicted octanol–water partition coefficient (Wildman–Crippen LogP) is 3.49. The van der Waals surface area contributed by atoms with Crippen molar-refractivity contribution in [1.82, 2.24) is 20.0 Å². The summed E-state index contributed by atoms with van der Waals surface area (Å²) < 4.78 is 1.75. The Morgan fingerprint density at radius 2 is 2.08 bits per heavy atom. The number of hydrogen-bond acceptors (Lipinski definition) is 2. The summed E-state index contributed by atoms with van der Waals surface area (Å²) in [4.78, 5) is 14.7. The van der Waals surface area contributed by atoms with Crippen LogP contribution in [0.2, 0.25) is 0 Å². The number of aryl methyl sites for hydroxylation is 1. The summed E-state index contributed by atoms with van der Waals surface area (Å²) >= 11 is 0. The molecule has 0 spiro atoms. The van der Waals surface area contributed by atoms with Crippen molar-refractivity contribution < 1.29 is 4.79 Å². The van der Waals surface area contributed by atoms with Gasteiger partial charge in [-0.3, -0.25) is 4.68 Å². The van der Waals surface area contributed by atoms with Crippen LogP contribution in [0.15, 0.2) is 54.9 Å². The molecule has 1 atom stereocenters. The maximum atomic E-state index is 12.7. The van der Waals surface area contributed by atoms with Crippen LogP contribution in [0.5, 0.6) is 0 Å². The second kappa shape index (κ2) is 7.20. The minimum absolute atomic E-state index is 0.0246. The van der Waals surface area contributed by atoms with E-state index in [2.05, 4.69) is 52.9 Å². The van der Waals surface area contributed by atoms with Crippen molar-refractivity contribution in [3.05, 3.63) is 66.0 Å². The first-order valence-electron chi connectivity index (χ1n) is 9.19. The Hall–Kier alpha value is -2.82. The first-order valence-corrected chi connectivity index (χ1v) is 9.19. The molecule has 0 bridgehead atoms. The second-order valence-corrected chi connectivity index (χ2v) is 7.01. The summed E-state index contributed by atoms with van der Waals surface area (Å²) in [6, 6.07) is 15.2. The summed E-state index contributed by atoms with van der Waals surface area (Å²) in [5.41, 5.74) is 2.34. The molecule has 2 amide bonds. The fourth-order valence-corrected chi connectivity index (χ4v) is 3.88. The van der Waals surface area contributed by atoms with E-state index in [-0.39, 0.29) is 12.1 Å². The highest BCUT2D eigenvalue weighted by Gasteiger charge is 2.29. The zero-order chi connectivity index (χ0) is 17.9. The lowest BCUT2D eigenvalue weighted by molar-refractivity contribution is 0.192. The van der Waals surface area contributed by atoms with E-state index in [1.54, 1.807) is 10.9 Å². The number of carbonyl (C=O) groups is 1. The summed E-state index contributed by atoms with van der Waals surface area (Å²) in [7, 11) is 1.88. The number of carbonyl (C=O) groups excluding carboxylic acids is 1. The Bertz CT molecular complexity index is 912. The van der Waals surface area contributed by atoms with Gasteiger partial charge in [-0.05, 0) is 35.6 Å². The Morgan fingerprint density at radius 3 is 2.92 bits per heavy atom. The number of amides is 2. The number of aromatic nitrogens is 2. The van der Waals surface area contributed by atoms with Crippen molar-refractivity contribution in [2.45, 2.75) is 31.8 Å². The average molecular weight is 348 g/mol. The molecular weight excluding hydrogens is 324 g/mol. The van der Waals surface area contributed by atoms with Crippen LogP contribution < -0.4 is 5.32 Å². The molecule has 134 valence electrons. The lowest BCUT2D eigenvalue weighted by Crippen LogP contribution is -2.43. The number of fused-ring (bicyclic) bond motifs is 1. The van der Waals surface area contributed by atoms with Crippen LogP contribution in [0.3, 0.4) is 0 Å². The van der Waals surface area contributed by atoms with Gasteiger partial charge in [-0.25, -0.2) is 4.79 Å². The van der Waals surface area contributed by atoms with E-state index in [9.17, 15) is 4.79 Å². The number of rotatable bonds is 4. The summed E-state index contributed by atoms with van der Waals surface area (Å²) in [6.45, 7) is 1.35. The second-order valence-electron chi connectivity index (χ2n) is 7.01. The predicted molar refractivity (Wildman–Crippen MR) is 103 cm³/mol. The van der Waals surface area contributed by atoms with Crippen LogP contribution in [0.4, 0.5) is 4.79 Å². The minimum atomic E-state index is 0.0246. The normalized spacial score (nSPS) is 17.0. The van der Waals surface area contributed by atoms with E-state index < -0.39 is 0 Å². The van der Waals surface area contributed by atoms with Gasteiger partial charge in [0.1, 0.15) is 0 Å². The lowest BCUT2D eigenvalue weighted by atomic mass is 9.98. The van der Waals surface area contributed by atoms with E-state index in [4.69, 9.17) is 0 Å². The largest absolute Gasteiger partial charge is 0.334 e. The molecule has 0 saturated carbocycles. The molecule has 5 nitrogen and oxygen atoms in total. The number of benzene rings is 2. The molecule has 1 saturated heterocycles. The van der Waals surface area contributed by atoms with Crippen LogP contribution in [-0.2, 0) is 20.0 Å². The van der Waals surface area contributed by atoms with Crippen molar-refractivity contribution in [1.29, 1.82) is 0 Å². The molecule has 1 aliphatic rings. The smallest absolute Gasteiger partial charge is 0.317 e. The van der Waals surface area contributed by atoms with Gasteiger partial charge in [0.25, 0.3) is 0 Å². The Balaban J connectivity index is 1.45. The topological polar surface area (TPSA) is 50.2 Å². The van der Waals surface area contributed by atoms with Crippen molar-refractivity contribution in [3.63, 3.8) is 0 Å². The number of nitrogens with zero attached hydrogens (tertiary/aromatic N) is 3. The van der Waals surface area contributed by atoms with Crippen molar-refractivity contribution >= 4 is 16.8 Å². The van der Waals surface area contributed by atoms with Crippen LogP contribution >= 0.6 is 0 Å². The van der Waals surface area contributed by atoms with Crippen LogP contribution in [0.1, 0.15) is 24.0 Å². The van der Waals surface area contributed by atoms with Gasteiger partial charge < -0.3 is 10.2 Å². The third-order valence-corrected chi connectivity index (χ3v) is 5.18. The molecule has 4 rings (SSSR count). The molecule has 0 unspecified atom stereocenters. The van der Waals surface area contributed by atoms with Gasteiger partial charge in [-0.2, -0.15) is 5.10 Å². The maximum absolute atomic E-state index is 12.7. The van der Waals surface area contributed by atoms with Gasteiger partial charge in [0.15, 0.2) is 0 Å². The minimum Gasteiger partial charge on any atom is -0.334 e.